The molecule has 0 aliphatic heterocycles. The molecule has 190 valence electrons. The van der Waals surface area contributed by atoms with Gasteiger partial charge in [0.05, 0.1) is 36.5 Å². The van der Waals surface area contributed by atoms with Gasteiger partial charge in [-0.25, -0.2) is 4.79 Å². The highest BCUT2D eigenvalue weighted by Gasteiger charge is 2.29. The summed E-state index contributed by atoms with van der Waals surface area (Å²) >= 11 is 28.0. The first kappa shape index (κ1) is 28.8. The molecule has 36 heavy (non-hydrogen) atoms. The SMILES string of the molecule is CCSc1nsc(NC(=O)C(C)Sc2ccc(NC(=O)c3c(Cl)c(Cl)c(Cl)c(Cl)c3C(=O)O)cc2)n1. The standard InChI is InChI=1S/C21H16Cl4N4O4S3/c1-3-34-21-28-20(36-29-21)27-17(30)8(2)35-10-6-4-9(5-7-10)26-18(31)11-12(19(32)33)14(23)16(25)15(24)13(11)22/h4-8H,3H2,1-2H3,(H,26,31)(H,32,33)(H,27,28,29,30). The van der Waals surface area contributed by atoms with Crippen molar-refractivity contribution in [3.8, 4) is 0 Å². The molecule has 2 aromatic carbocycles. The third-order valence-corrected chi connectivity index (χ3v) is 8.80. The maximum absolute atomic E-state index is 12.9. The Morgan fingerprint density at radius 1 is 1.00 bits per heavy atom. The lowest BCUT2D eigenvalue weighted by atomic mass is 10.1. The smallest absolute Gasteiger partial charge is 0.338 e. The molecule has 0 bridgehead atoms. The number of thioether (sulfide) groups is 2. The number of hydrogen-bond donors (Lipinski definition) is 3. The van der Waals surface area contributed by atoms with Crippen molar-refractivity contribution in [3.63, 3.8) is 0 Å². The minimum Gasteiger partial charge on any atom is -0.478 e. The molecule has 0 fully saturated rings. The lowest BCUT2D eigenvalue weighted by Gasteiger charge is -2.14. The fourth-order valence-corrected chi connectivity index (χ4v) is 5.93. The Kier molecular flexibility index (Phi) is 10.2. The normalized spacial score (nSPS) is 11.7. The van der Waals surface area contributed by atoms with Gasteiger partial charge < -0.3 is 10.4 Å². The third-order valence-electron chi connectivity index (χ3n) is 4.41. The quantitative estimate of drug-likeness (QED) is 0.128. The number of carbonyl (C=O) groups excluding carboxylic acids is 2. The molecule has 1 aromatic heterocycles. The molecule has 3 aromatic rings. The summed E-state index contributed by atoms with van der Waals surface area (Å²) in [5.74, 6) is -1.71. The third kappa shape index (κ3) is 6.77. The van der Waals surface area contributed by atoms with Crippen molar-refractivity contribution in [2.75, 3.05) is 16.4 Å². The molecular weight excluding hydrogens is 610 g/mol. The minimum atomic E-state index is -1.49. The second-order valence-corrected chi connectivity index (χ2v) is 11.8. The molecule has 0 saturated heterocycles. The van der Waals surface area contributed by atoms with E-state index in [-0.39, 0.29) is 21.0 Å². The molecule has 0 aliphatic rings. The van der Waals surface area contributed by atoms with Gasteiger partial charge in [-0.1, -0.05) is 65.1 Å². The summed E-state index contributed by atoms with van der Waals surface area (Å²) in [7, 11) is 0. The van der Waals surface area contributed by atoms with Crippen LogP contribution in [0, 0.1) is 0 Å². The van der Waals surface area contributed by atoms with Gasteiger partial charge in [-0.3, -0.25) is 14.9 Å². The van der Waals surface area contributed by atoms with E-state index in [2.05, 4.69) is 20.0 Å². The summed E-state index contributed by atoms with van der Waals surface area (Å²) in [5, 5.41) is 14.2. The summed E-state index contributed by atoms with van der Waals surface area (Å²) in [5.41, 5.74) is -0.619. The average Bonchev–Trinajstić information content (AvgIpc) is 3.27. The number of hydrogen-bond acceptors (Lipinski definition) is 8. The van der Waals surface area contributed by atoms with Crippen LogP contribution in [-0.2, 0) is 4.79 Å². The molecular formula is C21H16Cl4N4O4S3. The van der Waals surface area contributed by atoms with E-state index < -0.39 is 33.3 Å². The van der Waals surface area contributed by atoms with E-state index in [1.165, 1.54) is 23.5 Å². The number of nitrogens with one attached hydrogen (secondary N) is 2. The number of amides is 2. The summed E-state index contributed by atoms with van der Waals surface area (Å²) < 4.78 is 4.17. The van der Waals surface area contributed by atoms with Crippen LogP contribution in [0.15, 0.2) is 34.3 Å². The number of carbonyl (C=O) groups is 3. The van der Waals surface area contributed by atoms with Crippen LogP contribution in [0.2, 0.25) is 20.1 Å². The maximum Gasteiger partial charge on any atom is 0.338 e. The number of rotatable bonds is 9. The molecule has 3 N–H and O–H groups in total. The highest BCUT2D eigenvalue weighted by molar-refractivity contribution is 8.00. The lowest BCUT2D eigenvalue weighted by molar-refractivity contribution is -0.115. The minimum absolute atomic E-state index is 0.228. The molecule has 8 nitrogen and oxygen atoms in total. The molecule has 1 atom stereocenters. The van der Waals surface area contributed by atoms with E-state index in [1.807, 2.05) is 6.92 Å². The number of aromatic carboxylic acids is 1. The predicted molar refractivity (Wildman–Crippen MR) is 148 cm³/mol. The summed E-state index contributed by atoms with van der Waals surface area (Å²) in [4.78, 5) is 42.1. The molecule has 0 spiro atoms. The number of nitrogens with zero attached hydrogens (tertiary/aromatic N) is 2. The van der Waals surface area contributed by atoms with Crippen LogP contribution in [0.4, 0.5) is 10.8 Å². The van der Waals surface area contributed by atoms with Gasteiger partial charge in [-0.2, -0.15) is 9.36 Å². The zero-order valence-electron chi connectivity index (χ0n) is 18.4. The first-order chi connectivity index (χ1) is 17.0. The van der Waals surface area contributed by atoms with Crippen molar-refractivity contribution in [2.24, 2.45) is 0 Å². The molecule has 1 unspecified atom stereocenters. The molecule has 15 heteroatoms. The van der Waals surface area contributed by atoms with Crippen molar-refractivity contribution < 1.29 is 19.5 Å². The van der Waals surface area contributed by atoms with E-state index >= 15 is 0 Å². The van der Waals surface area contributed by atoms with E-state index in [0.717, 1.165) is 22.2 Å². The lowest BCUT2D eigenvalue weighted by Crippen LogP contribution is -2.22. The molecule has 1 heterocycles. The van der Waals surface area contributed by atoms with Crippen molar-refractivity contribution in [1.29, 1.82) is 0 Å². The van der Waals surface area contributed by atoms with Gasteiger partial charge in [0.2, 0.25) is 16.2 Å². The van der Waals surface area contributed by atoms with Gasteiger partial charge in [0.25, 0.3) is 5.91 Å². The second kappa shape index (κ2) is 12.7. The first-order valence-electron chi connectivity index (χ1n) is 9.98. The van der Waals surface area contributed by atoms with Gasteiger partial charge in [0, 0.05) is 22.1 Å². The Morgan fingerprint density at radius 2 is 1.61 bits per heavy atom. The Balaban J connectivity index is 1.68. The first-order valence-corrected chi connectivity index (χ1v) is 14.1. The van der Waals surface area contributed by atoms with Crippen LogP contribution >= 0.6 is 81.5 Å². The van der Waals surface area contributed by atoms with Crippen LogP contribution < -0.4 is 10.6 Å². The number of benzene rings is 2. The van der Waals surface area contributed by atoms with Crippen LogP contribution in [-0.4, -0.2) is 43.3 Å². The van der Waals surface area contributed by atoms with Gasteiger partial charge in [0.15, 0.2) is 0 Å². The highest BCUT2D eigenvalue weighted by atomic mass is 35.5. The van der Waals surface area contributed by atoms with E-state index in [4.69, 9.17) is 46.4 Å². The number of halogens is 4. The summed E-state index contributed by atoms with van der Waals surface area (Å²) in [6.45, 7) is 3.74. The molecule has 0 saturated carbocycles. The van der Waals surface area contributed by atoms with Crippen molar-refractivity contribution in [3.05, 3.63) is 55.5 Å². The van der Waals surface area contributed by atoms with Crippen molar-refractivity contribution in [2.45, 2.75) is 29.1 Å². The van der Waals surface area contributed by atoms with Crippen molar-refractivity contribution in [1.82, 2.24) is 9.36 Å². The number of carboxylic acid groups (broad SMARTS) is 1. The molecule has 0 radical (unpaired) electrons. The van der Waals surface area contributed by atoms with E-state index in [9.17, 15) is 19.5 Å². The Bertz CT molecular complexity index is 1320. The molecule has 3 rings (SSSR count). The Hall–Kier alpha value is -1.73. The van der Waals surface area contributed by atoms with Crippen LogP contribution in [0.1, 0.15) is 34.6 Å². The summed E-state index contributed by atoms with van der Waals surface area (Å²) in [6, 6.07) is 6.59. The van der Waals surface area contributed by atoms with Crippen LogP contribution in [0.25, 0.3) is 0 Å². The van der Waals surface area contributed by atoms with Crippen LogP contribution in [0.3, 0.4) is 0 Å². The highest BCUT2D eigenvalue weighted by Crippen LogP contribution is 2.42. The monoisotopic (exact) mass is 624 g/mol. The van der Waals surface area contributed by atoms with Crippen LogP contribution in [0.5, 0.6) is 0 Å². The van der Waals surface area contributed by atoms with Gasteiger partial charge in [-0.15, -0.1) is 11.8 Å². The largest absolute Gasteiger partial charge is 0.478 e. The van der Waals surface area contributed by atoms with Gasteiger partial charge >= 0.3 is 5.97 Å². The fraction of sp³-hybridized carbons (Fsp3) is 0.190. The van der Waals surface area contributed by atoms with Gasteiger partial charge in [0.1, 0.15) is 0 Å². The van der Waals surface area contributed by atoms with E-state index in [0.29, 0.717) is 16.0 Å². The van der Waals surface area contributed by atoms with E-state index in [1.54, 1.807) is 31.2 Å². The van der Waals surface area contributed by atoms with Gasteiger partial charge in [-0.05, 0) is 36.9 Å². The average molecular weight is 626 g/mol. The predicted octanol–water partition coefficient (Wildman–Crippen LogP) is 7.33. The second-order valence-electron chi connectivity index (χ2n) is 6.85. The summed E-state index contributed by atoms with van der Waals surface area (Å²) in [6.07, 6.45) is 0. The maximum atomic E-state index is 12.9. The molecule has 2 amide bonds. The zero-order chi connectivity index (χ0) is 26.6. The number of anilines is 2. The number of carboxylic acids is 1. The van der Waals surface area contributed by atoms with Crippen molar-refractivity contribution >= 4 is 110 Å². The molecule has 0 aliphatic carbocycles. The topological polar surface area (TPSA) is 121 Å². The Labute approximate surface area is 238 Å². The zero-order valence-corrected chi connectivity index (χ0v) is 23.9. The number of aromatic nitrogens is 2. The Morgan fingerprint density at radius 3 is 2.19 bits per heavy atom. The fourth-order valence-electron chi connectivity index (χ4n) is 2.77.